The molecule has 1 atom stereocenters. The van der Waals surface area contributed by atoms with Crippen LogP contribution in [0.15, 0.2) is 54.6 Å². The molecule has 0 amide bonds. The summed E-state index contributed by atoms with van der Waals surface area (Å²) in [5.41, 5.74) is 0.683. The predicted molar refractivity (Wildman–Crippen MR) is 74.8 cm³/mol. The Morgan fingerprint density at radius 3 is 2.47 bits per heavy atom. The van der Waals surface area contributed by atoms with Gasteiger partial charge >= 0.3 is 0 Å². The molecule has 0 spiro atoms. The number of para-hydroxylation sites is 1. The summed E-state index contributed by atoms with van der Waals surface area (Å²) in [5.74, 6) is 0.675. The van der Waals surface area contributed by atoms with Crippen molar-refractivity contribution in [3.8, 4) is 5.75 Å². The maximum absolute atomic E-state index is 13.5. The van der Waals surface area contributed by atoms with Crippen LogP contribution < -0.4 is 10.1 Å². The summed E-state index contributed by atoms with van der Waals surface area (Å²) < 4.78 is 19.1. The molecule has 100 valence electrons. The van der Waals surface area contributed by atoms with Crippen LogP contribution in [0.4, 0.5) is 4.39 Å². The quantitative estimate of drug-likeness (QED) is 0.801. The van der Waals surface area contributed by atoms with E-state index in [1.54, 1.807) is 12.1 Å². The molecule has 0 unspecified atom stereocenters. The zero-order chi connectivity index (χ0) is 13.5. The highest BCUT2D eigenvalue weighted by atomic mass is 19.1. The van der Waals surface area contributed by atoms with Gasteiger partial charge in [-0.3, -0.25) is 0 Å². The van der Waals surface area contributed by atoms with Crippen LogP contribution in [-0.4, -0.2) is 13.2 Å². The van der Waals surface area contributed by atoms with Crippen molar-refractivity contribution in [3.63, 3.8) is 0 Å². The zero-order valence-corrected chi connectivity index (χ0v) is 11.0. The maximum atomic E-state index is 13.5. The van der Waals surface area contributed by atoms with Crippen molar-refractivity contribution in [2.75, 3.05) is 13.2 Å². The van der Waals surface area contributed by atoms with Crippen LogP contribution in [-0.2, 0) is 0 Å². The van der Waals surface area contributed by atoms with Crippen LogP contribution in [0.3, 0.4) is 0 Å². The Labute approximate surface area is 113 Å². The number of rotatable bonds is 6. The van der Waals surface area contributed by atoms with E-state index in [-0.39, 0.29) is 11.9 Å². The lowest BCUT2D eigenvalue weighted by atomic mass is 10.1. The van der Waals surface area contributed by atoms with Crippen molar-refractivity contribution < 1.29 is 9.13 Å². The van der Waals surface area contributed by atoms with Crippen LogP contribution in [0.25, 0.3) is 0 Å². The Morgan fingerprint density at radius 2 is 1.74 bits per heavy atom. The summed E-state index contributed by atoms with van der Waals surface area (Å²) in [7, 11) is 0. The number of hydrogen-bond donors (Lipinski definition) is 1. The summed E-state index contributed by atoms with van der Waals surface area (Å²) in [6, 6.07) is 16.4. The molecule has 0 aromatic heterocycles. The van der Waals surface area contributed by atoms with Crippen LogP contribution in [0, 0.1) is 5.82 Å². The Kier molecular flexibility index (Phi) is 4.93. The van der Waals surface area contributed by atoms with Crippen molar-refractivity contribution in [1.82, 2.24) is 5.32 Å². The zero-order valence-electron chi connectivity index (χ0n) is 11.0. The first-order valence-corrected chi connectivity index (χ1v) is 6.43. The van der Waals surface area contributed by atoms with Gasteiger partial charge in [0.05, 0.1) is 0 Å². The molecule has 0 saturated carbocycles. The number of benzene rings is 2. The molecule has 2 aromatic rings. The molecule has 0 aliphatic carbocycles. The highest BCUT2D eigenvalue weighted by Gasteiger charge is 2.08. The lowest BCUT2D eigenvalue weighted by molar-refractivity contribution is 0.307. The van der Waals surface area contributed by atoms with E-state index in [1.807, 2.05) is 43.3 Å². The van der Waals surface area contributed by atoms with E-state index in [9.17, 15) is 4.39 Å². The first-order valence-electron chi connectivity index (χ1n) is 6.43. The number of halogens is 1. The summed E-state index contributed by atoms with van der Waals surface area (Å²) in [5, 5.41) is 3.24. The molecule has 2 aromatic carbocycles. The van der Waals surface area contributed by atoms with E-state index < -0.39 is 0 Å². The Hall–Kier alpha value is -1.87. The predicted octanol–water partition coefficient (Wildman–Crippen LogP) is 3.56. The molecule has 2 nitrogen and oxygen atoms in total. The second-order valence-corrected chi connectivity index (χ2v) is 4.36. The van der Waals surface area contributed by atoms with E-state index in [0.717, 1.165) is 5.75 Å². The minimum absolute atomic E-state index is 0.0272. The molecule has 3 heteroatoms. The molecular formula is C16H18FNO. The third-order valence-electron chi connectivity index (χ3n) is 2.94. The Balaban J connectivity index is 1.76. The van der Waals surface area contributed by atoms with Crippen LogP contribution in [0.1, 0.15) is 18.5 Å². The minimum Gasteiger partial charge on any atom is -0.492 e. The van der Waals surface area contributed by atoms with E-state index in [4.69, 9.17) is 4.74 Å². The molecule has 0 aliphatic rings. The fourth-order valence-electron chi connectivity index (χ4n) is 1.90. The maximum Gasteiger partial charge on any atom is 0.127 e. The van der Waals surface area contributed by atoms with Gasteiger partial charge in [0.2, 0.25) is 0 Å². The largest absolute Gasteiger partial charge is 0.492 e. The normalized spacial score (nSPS) is 12.1. The van der Waals surface area contributed by atoms with E-state index in [1.165, 1.54) is 6.07 Å². The third-order valence-corrected chi connectivity index (χ3v) is 2.94. The molecule has 0 radical (unpaired) electrons. The van der Waals surface area contributed by atoms with Crippen molar-refractivity contribution in [2.24, 2.45) is 0 Å². The van der Waals surface area contributed by atoms with Crippen molar-refractivity contribution >= 4 is 0 Å². The highest BCUT2D eigenvalue weighted by molar-refractivity contribution is 5.21. The van der Waals surface area contributed by atoms with Gasteiger partial charge in [-0.25, -0.2) is 4.39 Å². The molecule has 0 heterocycles. The second-order valence-electron chi connectivity index (χ2n) is 4.36. The van der Waals surface area contributed by atoms with Crippen molar-refractivity contribution in [2.45, 2.75) is 13.0 Å². The van der Waals surface area contributed by atoms with Crippen molar-refractivity contribution in [3.05, 3.63) is 66.0 Å². The fraction of sp³-hybridized carbons (Fsp3) is 0.250. The van der Waals surface area contributed by atoms with Gasteiger partial charge in [-0.2, -0.15) is 0 Å². The van der Waals surface area contributed by atoms with Gasteiger partial charge in [0, 0.05) is 18.2 Å². The third kappa shape index (κ3) is 4.07. The monoisotopic (exact) mass is 259 g/mol. The molecule has 1 N–H and O–H groups in total. The standard InChI is InChI=1S/C16H18FNO/c1-13(15-9-5-6-10-16(15)17)18-11-12-19-14-7-3-2-4-8-14/h2-10,13,18H,11-12H2,1H3/t13-/m1/s1. The minimum atomic E-state index is -0.175. The van der Waals surface area contributed by atoms with Gasteiger partial charge in [0.25, 0.3) is 0 Å². The van der Waals surface area contributed by atoms with Gasteiger partial charge in [-0.15, -0.1) is 0 Å². The molecule has 0 fully saturated rings. The SMILES string of the molecule is C[C@@H](NCCOc1ccccc1)c1ccccc1F. The van der Waals surface area contributed by atoms with Gasteiger partial charge < -0.3 is 10.1 Å². The summed E-state index contributed by atoms with van der Waals surface area (Å²) in [6.45, 7) is 3.17. The van der Waals surface area contributed by atoms with Gasteiger partial charge in [-0.1, -0.05) is 36.4 Å². The smallest absolute Gasteiger partial charge is 0.127 e. The molecule has 2 rings (SSSR count). The topological polar surface area (TPSA) is 21.3 Å². The van der Waals surface area contributed by atoms with E-state index >= 15 is 0 Å². The Bertz CT molecular complexity index is 501. The fourth-order valence-corrected chi connectivity index (χ4v) is 1.90. The summed E-state index contributed by atoms with van der Waals surface area (Å²) in [6.07, 6.45) is 0. The average molecular weight is 259 g/mol. The van der Waals surface area contributed by atoms with Crippen LogP contribution in [0.2, 0.25) is 0 Å². The Morgan fingerprint density at radius 1 is 1.05 bits per heavy atom. The number of hydrogen-bond acceptors (Lipinski definition) is 2. The van der Waals surface area contributed by atoms with Crippen LogP contribution in [0.5, 0.6) is 5.75 Å². The summed E-state index contributed by atoms with van der Waals surface area (Å²) >= 11 is 0. The van der Waals surface area contributed by atoms with E-state index in [2.05, 4.69) is 5.32 Å². The molecular weight excluding hydrogens is 241 g/mol. The lowest BCUT2D eigenvalue weighted by Crippen LogP contribution is -2.24. The first-order chi connectivity index (χ1) is 9.27. The van der Waals surface area contributed by atoms with E-state index in [0.29, 0.717) is 18.7 Å². The first kappa shape index (κ1) is 13.6. The van der Waals surface area contributed by atoms with Gasteiger partial charge in [0.1, 0.15) is 18.2 Å². The van der Waals surface area contributed by atoms with Gasteiger partial charge in [-0.05, 0) is 25.1 Å². The van der Waals surface area contributed by atoms with Crippen molar-refractivity contribution in [1.29, 1.82) is 0 Å². The number of nitrogens with one attached hydrogen (secondary N) is 1. The second kappa shape index (κ2) is 6.90. The molecule has 0 aliphatic heterocycles. The highest BCUT2D eigenvalue weighted by Crippen LogP contribution is 2.15. The van der Waals surface area contributed by atoms with Crippen LogP contribution >= 0.6 is 0 Å². The molecule has 0 saturated heterocycles. The lowest BCUT2D eigenvalue weighted by Gasteiger charge is -2.15. The molecule has 0 bridgehead atoms. The summed E-state index contributed by atoms with van der Waals surface area (Å²) in [4.78, 5) is 0. The van der Waals surface area contributed by atoms with Gasteiger partial charge in [0.15, 0.2) is 0 Å². The molecule has 19 heavy (non-hydrogen) atoms. The average Bonchev–Trinajstić information content (AvgIpc) is 2.45. The number of ether oxygens (including phenoxy) is 1.